The summed E-state index contributed by atoms with van der Waals surface area (Å²) in [6.45, 7) is 22.0. The van der Waals surface area contributed by atoms with Gasteiger partial charge in [-0.3, -0.25) is 24.5 Å². The number of carbonyl (C=O) groups is 7. The number of hydrogen-bond acceptors (Lipinski definition) is 10. The number of rotatable bonds is 37. The number of alkyl carbamates (subject to hydrolysis) is 1. The van der Waals surface area contributed by atoms with E-state index in [4.69, 9.17) is 30.9 Å². The molecule has 15 nitrogen and oxygen atoms in total. The minimum Gasteiger partial charge on any atom is -0.481 e. The van der Waals surface area contributed by atoms with Crippen LogP contribution >= 0.6 is 11.6 Å². The molecule has 0 aliphatic heterocycles. The molecule has 0 unspecified atom stereocenters. The number of nitrogens with one attached hydrogen (secondary N) is 3. The molecule has 0 radical (unpaired) electrons. The average Bonchev–Trinajstić information content (AvgIpc) is 3.20. The number of alkyl halides is 1. The number of halogens is 1. The van der Waals surface area contributed by atoms with Crippen molar-refractivity contribution in [3.05, 3.63) is 0 Å². The molecule has 4 N–H and O–H groups in total. The second-order valence-corrected chi connectivity index (χ2v) is 22.1. The van der Waals surface area contributed by atoms with E-state index in [0.29, 0.717) is 44.9 Å². The third-order valence-corrected chi connectivity index (χ3v) is 11.5. The highest BCUT2D eigenvalue weighted by atomic mass is 35.5. The lowest BCUT2D eigenvalue weighted by Gasteiger charge is -2.29. The molecule has 0 aromatic carbocycles. The quantitative estimate of drug-likeness (QED) is 0.00876. The zero-order valence-corrected chi connectivity index (χ0v) is 44.8. The summed E-state index contributed by atoms with van der Waals surface area (Å²) in [7, 11) is 0. The molecule has 0 fully saturated rings. The lowest BCUT2D eigenvalue weighted by Crippen LogP contribution is -2.56. The van der Waals surface area contributed by atoms with E-state index in [9.17, 15) is 33.6 Å². The van der Waals surface area contributed by atoms with Gasteiger partial charge in [0.2, 0.25) is 5.91 Å². The standard InChI is InChI=1S/C52H93ClN4O11/c1-40(45(61)62)32-28-30-39-55-47(64)52(53,56-48(65)68-51(8,9)10)37-29-31-38-54-42(58)36-35-41(46(63)67-50(5,6)7)57(11)43(59)33-26-24-22-20-18-16-14-12-13-15-17-19-21-23-25-27-34-44(60)66-49(2,3)4/h40-41H,11-39H2,1-10H3,(H3-,54,55,56,58,61,62,64,65)/p+1/t40-,41-,52+/m0/s1. The van der Waals surface area contributed by atoms with Crippen molar-refractivity contribution in [1.29, 1.82) is 0 Å². The van der Waals surface area contributed by atoms with Gasteiger partial charge in [0.25, 0.3) is 11.9 Å². The number of unbranched alkanes of at least 4 members (excludes halogenated alkanes) is 17. The molecule has 0 aliphatic carbocycles. The first-order valence-electron chi connectivity index (χ1n) is 25.7. The molecule has 0 saturated heterocycles. The van der Waals surface area contributed by atoms with Crippen LogP contribution < -0.4 is 16.0 Å². The molecule has 4 amide bonds. The molecule has 68 heavy (non-hydrogen) atoms. The van der Waals surface area contributed by atoms with Crippen molar-refractivity contribution in [2.75, 3.05) is 13.1 Å². The summed E-state index contributed by atoms with van der Waals surface area (Å²) in [6.07, 6.45) is 20.3. The van der Waals surface area contributed by atoms with Gasteiger partial charge in [0.15, 0.2) is 5.00 Å². The lowest BCUT2D eigenvalue weighted by molar-refractivity contribution is -0.472. The smallest absolute Gasteiger partial charge is 0.409 e. The van der Waals surface area contributed by atoms with E-state index in [2.05, 4.69) is 22.7 Å². The number of nitrogens with zero attached hydrogens (tertiary/aromatic N) is 1. The lowest BCUT2D eigenvalue weighted by atomic mass is 10.0. The third-order valence-electron chi connectivity index (χ3n) is 11.1. The van der Waals surface area contributed by atoms with E-state index in [1.165, 1.54) is 64.2 Å². The Morgan fingerprint density at radius 2 is 1.00 bits per heavy atom. The van der Waals surface area contributed by atoms with Crippen LogP contribution in [0.2, 0.25) is 0 Å². The molecule has 394 valence electrons. The molecule has 16 heteroatoms. The van der Waals surface area contributed by atoms with E-state index in [1.807, 2.05) is 20.8 Å². The summed E-state index contributed by atoms with van der Waals surface area (Å²) in [5.41, 5.74) is -2.04. The zero-order valence-electron chi connectivity index (χ0n) is 44.0. The van der Waals surface area contributed by atoms with Gasteiger partial charge in [-0.1, -0.05) is 115 Å². The van der Waals surface area contributed by atoms with Crippen LogP contribution in [0, 0.1) is 5.92 Å². The Balaban J connectivity index is 4.67. The number of carboxylic acids is 1. The zero-order chi connectivity index (χ0) is 51.8. The highest BCUT2D eigenvalue weighted by Crippen LogP contribution is 2.23. The van der Waals surface area contributed by atoms with Crippen LogP contribution in [0.1, 0.15) is 236 Å². The Labute approximate surface area is 415 Å². The van der Waals surface area contributed by atoms with Crippen molar-refractivity contribution in [1.82, 2.24) is 16.0 Å². The topological polar surface area (TPSA) is 207 Å². The summed E-state index contributed by atoms with van der Waals surface area (Å²) < 4.78 is 17.5. The Bertz CT molecular complexity index is 1540. The maximum atomic E-state index is 13.2. The molecule has 0 saturated carbocycles. The van der Waals surface area contributed by atoms with Gasteiger partial charge in [-0.2, -0.15) is 4.58 Å². The van der Waals surface area contributed by atoms with Gasteiger partial charge < -0.3 is 30.0 Å². The van der Waals surface area contributed by atoms with Gasteiger partial charge in [0, 0.05) is 32.4 Å². The summed E-state index contributed by atoms with van der Waals surface area (Å²) >= 11 is 6.71. The molecule has 0 aromatic heterocycles. The molecular weight excluding hydrogens is 892 g/mol. The normalized spacial score (nSPS) is 13.6. The summed E-state index contributed by atoms with van der Waals surface area (Å²) in [5, 5.41) is 17.1. The SMILES string of the molecule is C=[N+](C(=O)CCCCCCCCCCCCCCCCCCC(=O)OC(C)(C)C)[C@@H](CCC(=O)NCCCC[C@@](Cl)(NC(=O)OC(C)(C)C)C(=O)NCCCC[C@H](C)C(=O)O)C(=O)OC(C)(C)C. The number of ether oxygens (including phenoxy) is 3. The third kappa shape index (κ3) is 35.4. The van der Waals surface area contributed by atoms with Crippen LogP contribution in [0.5, 0.6) is 0 Å². The first-order chi connectivity index (χ1) is 31.7. The Kier molecular flexibility index (Phi) is 32.6. The molecule has 3 atom stereocenters. The van der Waals surface area contributed by atoms with Crippen LogP contribution in [0.15, 0.2) is 0 Å². The summed E-state index contributed by atoms with van der Waals surface area (Å²) in [4.78, 5) is 86.3. The predicted molar refractivity (Wildman–Crippen MR) is 269 cm³/mol. The number of esters is 2. The monoisotopic (exact) mass is 986 g/mol. The number of hydrogen-bond donors (Lipinski definition) is 4. The van der Waals surface area contributed by atoms with E-state index in [-0.39, 0.29) is 56.6 Å². The first kappa shape index (κ1) is 64.2. The molecule has 0 rings (SSSR count). The van der Waals surface area contributed by atoms with Crippen LogP contribution in [0.3, 0.4) is 0 Å². The van der Waals surface area contributed by atoms with Crippen molar-refractivity contribution in [2.24, 2.45) is 5.92 Å². The van der Waals surface area contributed by atoms with Crippen molar-refractivity contribution in [2.45, 2.75) is 264 Å². The van der Waals surface area contributed by atoms with Crippen LogP contribution in [0.25, 0.3) is 0 Å². The minimum absolute atomic E-state index is 0.0225. The number of aliphatic carboxylic acids is 1. The van der Waals surface area contributed by atoms with E-state index >= 15 is 0 Å². The van der Waals surface area contributed by atoms with Crippen molar-refractivity contribution < 1.29 is 57.5 Å². The van der Waals surface area contributed by atoms with Gasteiger partial charge in [-0.15, -0.1) is 0 Å². The van der Waals surface area contributed by atoms with E-state index in [0.717, 1.165) is 36.7 Å². The Morgan fingerprint density at radius 1 is 0.559 bits per heavy atom. The van der Waals surface area contributed by atoms with Gasteiger partial charge >= 0.3 is 29.9 Å². The van der Waals surface area contributed by atoms with E-state index < -0.39 is 57.7 Å². The highest BCUT2D eigenvalue weighted by Gasteiger charge is 2.39. The summed E-state index contributed by atoms with van der Waals surface area (Å²) in [5.74, 6) is -3.34. The molecule has 0 spiro atoms. The Morgan fingerprint density at radius 3 is 1.47 bits per heavy atom. The predicted octanol–water partition coefficient (Wildman–Crippen LogP) is 10.8. The maximum Gasteiger partial charge on any atom is 0.409 e. The minimum atomic E-state index is -1.83. The molecule has 0 aromatic rings. The van der Waals surface area contributed by atoms with Crippen molar-refractivity contribution in [3.8, 4) is 0 Å². The first-order valence-corrected chi connectivity index (χ1v) is 26.1. The second-order valence-electron chi connectivity index (χ2n) is 21.4. The van der Waals surface area contributed by atoms with Gasteiger partial charge in [-0.05, 0) is 107 Å². The van der Waals surface area contributed by atoms with Crippen LogP contribution in [0.4, 0.5) is 4.79 Å². The fraction of sp³-hybridized carbons (Fsp3) is 0.846. The number of carbonyl (C=O) groups excluding carboxylic acids is 6. The molecule has 0 heterocycles. The van der Waals surface area contributed by atoms with Gasteiger partial charge in [0.1, 0.15) is 23.5 Å². The highest BCUT2D eigenvalue weighted by molar-refractivity contribution is 6.35. The number of amides is 4. The van der Waals surface area contributed by atoms with Crippen LogP contribution in [-0.4, -0.2) is 99.1 Å². The molecule has 0 bridgehead atoms. The van der Waals surface area contributed by atoms with Crippen molar-refractivity contribution >= 4 is 60.0 Å². The fourth-order valence-corrected chi connectivity index (χ4v) is 7.60. The maximum absolute atomic E-state index is 13.2. The van der Waals surface area contributed by atoms with Gasteiger partial charge in [0.05, 0.1) is 12.3 Å². The van der Waals surface area contributed by atoms with E-state index in [1.54, 1.807) is 48.5 Å². The number of carboxylic acid groups (broad SMARTS) is 1. The fourth-order valence-electron chi connectivity index (χ4n) is 7.32. The summed E-state index contributed by atoms with van der Waals surface area (Å²) in [6, 6.07) is -1.04. The molecular formula is C52H94ClN4O11+. The largest absolute Gasteiger partial charge is 0.481 e. The van der Waals surface area contributed by atoms with Crippen molar-refractivity contribution in [3.63, 3.8) is 0 Å². The van der Waals surface area contributed by atoms with Crippen LogP contribution in [-0.2, 0) is 43.0 Å². The second kappa shape index (κ2) is 34.5. The molecule has 0 aliphatic rings. The van der Waals surface area contributed by atoms with Gasteiger partial charge in [-0.25, -0.2) is 14.4 Å². The average molecular weight is 987 g/mol. The Hall–Kier alpha value is -3.75.